The minimum Gasteiger partial charge on any atom is -0.508 e. The van der Waals surface area contributed by atoms with Crippen LogP contribution in [0.5, 0.6) is 17.2 Å². The number of hydrogen-bond donors (Lipinski definition) is 6. The molecular weight excluding hydrogens is 829 g/mol. The number of hydrogen-bond acceptors (Lipinski definition) is 10. The van der Waals surface area contributed by atoms with Gasteiger partial charge in [0.15, 0.2) is 5.78 Å². The maximum Gasteiger partial charge on any atom is 0.202 e. The van der Waals surface area contributed by atoms with Gasteiger partial charge >= 0.3 is 0 Å². The van der Waals surface area contributed by atoms with Gasteiger partial charge < -0.3 is 40.4 Å². The summed E-state index contributed by atoms with van der Waals surface area (Å²) in [5.41, 5.74) is 5.08. The Balaban J connectivity index is 0.862. The number of carbonyl (C=O) groups is 2. The molecule has 0 atom stereocenters. The van der Waals surface area contributed by atoms with Gasteiger partial charge in [-0.05, 0) is 210 Å². The van der Waals surface area contributed by atoms with Crippen LogP contribution in [0.25, 0.3) is 5.57 Å². The van der Waals surface area contributed by atoms with Gasteiger partial charge in [0.25, 0.3) is 0 Å². The molecule has 3 aromatic rings. The lowest BCUT2D eigenvalue weighted by Gasteiger charge is -2.57. The zero-order chi connectivity index (χ0) is 45.5. The van der Waals surface area contributed by atoms with E-state index in [9.17, 15) is 40.2 Å². The summed E-state index contributed by atoms with van der Waals surface area (Å²) in [6.45, 7) is 1.17. The van der Waals surface area contributed by atoms with Crippen molar-refractivity contribution in [3.8, 4) is 17.2 Å². The Labute approximate surface area is 387 Å². The number of aliphatic hydroxyl groups is 3. The summed E-state index contributed by atoms with van der Waals surface area (Å²) in [5, 5.41) is 65.0. The molecule has 0 saturated heterocycles. The van der Waals surface area contributed by atoms with Gasteiger partial charge in [-0.2, -0.15) is 0 Å². The molecule has 66 heavy (non-hydrogen) atoms. The summed E-state index contributed by atoms with van der Waals surface area (Å²) in [4.78, 5) is 32.1. The maximum absolute atomic E-state index is 14.0. The molecule has 0 radical (unpaired) electrons. The molecule has 6 N–H and O–H groups in total. The van der Waals surface area contributed by atoms with E-state index in [-0.39, 0.29) is 57.8 Å². The normalized spacial score (nSPS) is 31.5. The Morgan fingerprint density at radius 2 is 0.970 bits per heavy atom. The first-order valence-electron chi connectivity index (χ1n) is 24.9. The van der Waals surface area contributed by atoms with Gasteiger partial charge in [0.05, 0.1) is 11.1 Å². The zero-order valence-electron chi connectivity index (χ0n) is 37.9. The van der Waals surface area contributed by atoms with Crippen molar-refractivity contribution in [1.82, 2.24) is 0 Å². The summed E-state index contributed by atoms with van der Waals surface area (Å²) >= 11 is 0. The minimum absolute atomic E-state index is 0.0331. The maximum atomic E-state index is 14.0. The van der Waals surface area contributed by atoms with Crippen LogP contribution < -0.4 is 9.80 Å². The van der Waals surface area contributed by atoms with Gasteiger partial charge in [0, 0.05) is 83.5 Å². The lowest BCUT2D eigenvalue weighted by Crippen LogP contribution is -2.48. The molecule has 0 heterocycles. The van der Waals surface area contributed by atoms with Crippen LogP contribution in [-0.4, -0.2) is 68.5 Å². The second-order valence-electron chi connectivity index (χ2n) is 21.8. The number of allylic oxidation sites excluding steroid dienone is 6. The predicted octanol–water partition coefficient (Wildman–Crippen LogP) is 10.1. The van der Waals surface area contributed by atoms with Crippen LogP contribution >= 0.6 is 0 Å². The van der Waals surface area contributed by atoms with Crippen molar-refractivity contribution < 1.29 is 40.2 Å². The number of aliphatic hydroxyl groups excluding tert-OH is 3. The molecule has 10 aliphatic carbocycles. The molecule has 13 rings (SSSR count). The monoisotopic (exact) mass is 892 g/mol. The van der Waals surface area contributed by atoms with Crippen LogP contribution in [0.2, 0.25) is 0 Å². The van der Waals surface area contributed by atoms with Crippen molar-refractivity contribution in [1.29, 1.82) is 0 Å². The van der Waals surface area contributed by atoms with E-state index in [1.54, 1.807) is 36.4 Å². The molecule has 0 amide bonds. The van der Waals surface area contributed by atoms with Crippen molar-refractivity contribution in [3.63, 3.8) is 0 Å². The van der Waals surface area contributed by atoms with Crippen molar-refractivity contribution in [3.05, 3.63) is 112 Å². The lowest BCUT2D eigenvalue weighted by molar-refractivity contribution is -0.114. The summed E-state index contributed by atoms with van der Waals surface area (Å²) in [6, 6.07) is 16.6. The third-order valence-corrected chi connectivity index (χ3v) is 17.4. The fourth-order valence-electron chi connectivity index (χ4n) is 15.4. The van der Waals surface area contributed by atoms with Gasteiger partial charge in [-0.25, -0.2) is 0 Å². The van der Waals surface area contributed by atoms with E-state index in [0.29, 0.717) is 97.2 Å². The van der Waals surface area contributed by atoms with Crippen LogP contribution in [0.15, 0.2) is 95.4 Å². The van der Waals surface area contributed by atoms with Crippen LogP contribution in [0.1, 0.15) is 119 Å². The van der Waals surface area contributed by atoms with Crippen molar-refractivity contribution in [2.45, 2.75) is 114 Å². The molecule has 10 heteroatoms. The Hall–Kier alpha value is -5.32. The number of aromatic hydroxyl groups is 3. The Kier molecular flexibility index (Phi) is 11.0. The highest BCUT2D eigenvalue weighted by Gasteiger charge is 2.54. The number of unbranched alkanes of at least 4 members (excludes halogenated alkanes) is 2. The van der Waals surface area contributed by atoms with E-state index in [1.807, 2.05) is 23.1 Å². The minimum atomic E-state index is -0.530. The van der Waals surface area contributed by atoms with E-state index in [4.69, 9.17) is 0 Å². The third-order valence-electron chi connectivity index (χ3n) is 17.4. The van der Waals surface area contributed by atoms with E-state index < -0.39 is 11.6 Å². The molecule has 10 nitrogen and oxygen atoms in total. The molecule has 0 spiro atoms. The summed E-state index contributed by atoms with van der Waals surface area (Å²) in [6.07, 6.45) is 21.8. The van der Waals surface area contributed by atoms with E-state index >= 15 is 0 Å². The predicted molar refractivity (Wildman–Crippen MR) is 255 cm³/mol. The molecule has 8 fully saturated rings. The van der Waals surface area contributed by atoms with Crippen LogP contribution in [0.4, 0.5) is 17.1 Å². The first-order valence-corrected chi connectivity index (χ1v) is 24.9. The topological polar surface area (TPSA) is 162 Å². The summed E-state index contributed by atoms with van der Waals surface area (Å²) in [5.74, 6) is 3.41. The molecule has 346 valence electrons. The zero-order valence-corrected chi connectivity index (χ0v) is 37.9. The average Bonchev–Trinajstić information content (AvgIpc) is 3.28. The molecule has 0 aliphatic heterocycles. The quantitative estimate of drug-likeness (QED) is 0.0640. The summed E-state index contributed by atoms with van der Waals surface area (Å²) in [7, 11) is 0. The number of benzene rings is 3. The van der Waals surface area contributed by atoms with Gasteiger partial charge in [0.2, 0.25) is 5.78 Å². The molecule has 8 saturated carbocycles. The smallest absolute Gasteiger partial charge is 0.202 e. The lowest BCUT2D eigenvalue weighted by atomic mass is 9.48. The molecular formula is C56H64N2O8. The Morgan fingerprint density at radius 3 is 1.42 bits per heavy atom. The van der Waals surface area contributed by atoms with E-state index in [0.717, 1.165) is 61.0 Å². The standard InChI is InChI=1S/C56H64N2O8/c59-15-3-1-13-57(39-7-11-47(61)45(23-39)55-27-33-17-34(28-55)19-35(18-33)29-55)41-5-9-43(49(63)25-41)51-53(65)52(54(51)66)44-10-6-42(26-50(44)64)58(14-2-4-16-60)40-8-12-48(62)46(24-40)56-30-36-20-37(31-56)22-38(21-36)32-56/h5-12,23-26,33-38,59-63,65H,1-4,13-22,27-32H2/b52-44-. The number of rotatable bonds is 15. The van der Waals surface area contributed by atoms with Crippen molar-refractivity contribution in [2.75, 3.05) is 36.1 Å². The number of phenols is 3. The first-order chi connectivity index (χ1) is 31.9. The molecule has 8 bridgehead atoms. The number of carbonyl (C=O) groups excluding carboxylic acids is 2. The van der Waals surface area contributed by atoms with Gasteiger partial charge in [-0.3, -0.25) is 9.59 Å². The number of Topliss-reactive ketones (excluding diaryl/α,β-unsaturated/α-hetero) is 1. The van der Waals surface area contributed by atoms with Crippen molar-refractivity contribution >= 4 is 34.2 Å². The van der Waals surface area contributed by atoms with Crippen LogP contribution in [0.3, 0.4) is 0 Å². The number of anilines is 3. The van der Waals surface area contributed by atoms with Crippen LogP contribution in [0, 0.1) is 35.5 Å². The van der Waals surface area contributed by atoms with Gasteiger partial charge in [0.1, 0.15) is 23.0 Å². The molecule has 10 aliphatic rings. The SMILES string of the molecule is O=C1C=C(N(CCCCO)c2ccc(O)c(C34CC5CC(CC(C5)C3)C4)c2)C=C/C1=C1/C(=O)C(c2ccc(N(CCCCO)c3ccc(O)c(C45CC6CC(CC(C6)C4)C5)c3)cc2O)=C1O. The summed E-state index contributed by atoms with van der Waals surface area (Å²) < 4.78 is 0. The first kappa shape index (κ1) is 43.3. The second kappa shape index (κ2) is 16.8. The fourth-order valence-corrected chi connectivity index (χ4v) is 15.4. The third kappa shape index (κ3) is 7.38. The van der Waals surface area contributed by atoms with Gasteiger partial charge in [-0.1, -0.05) is 0 Å². The fraction of sp³-hybridized carbons (Fsp3) is 0.500. The van der Waals surface area contributed by atoms with Gasteiger partial charge in [-0.15, -0.1) is 0 Å². The number of ketones is 2. The highest BCUT2D eigenvalue weighted by molar-refractivity contribution is 6.41. The Bertz CT molecular complexity index is 2530. The number of phenolic OH excluding ortho intramolecular Hbond substituents is 3. The second-order valence-corrected chi connectivity index (χ2v) is 21.8. The van der Waals surface area contributed by atoms with Crippen molar-refractivity contribution in [2.24, 2.45) is 35.5 Å². The van der Waals surface area contributed by atoms with E-state index in [2.05, 4.69) is 17.0 Å². The largest absolute Gasteiger partial charge is 0.508 e. The number of nitrogens with zero attached hydrogens (tertiary/aromatic N) is 2. The average molecular weight is 893 g/mol. The highest BCUT2D eigenvalue weighted by Crippen LogP contribution is 2.63. The molecule has 0 aromatic heterocycles. The molecule has 3 aromatic carbocycles. The molecule has 0 unspecified atom stereocenters. The van der Waals surface area contributed by atoms with E-state index in [1.165, 1.54) is 44.6 Å². The highest BCUT2D eigenvalue weighted by atomic mass is 16.3. The Morgan fingerprint density at radius 1 is 0.515 bits per heavy atom. The van der Waals surface area contributed by atoms with Crippen LogP contribution in [-0.2, 0) is 20.4 Å².